The van der Waals surface area contributed by atoms with Gasteiger partial charge in [-0.2, -0.15) is 0 Å². The lowest BCUT2D eigenvalue weighted by atomic mass is 10.1. The van der Waals surface area contributed by atoms with Crippen molar-refractivity contribution < 1.29 is 14.2 Å². The van der Waals surface area contributed by atoms with E-state index in [-0.39, 0.29) is 6.10 Å². The monoisotopic (exact) mass is 282 g/mol. The van der Waals surface area contributed by atoms with Crippen LogP contribution in [0.3, 0.4) is 0 Å². The lowest BCUT2D eigenvalue weighted by molar-refractivity contribution is 0.200. The first-order valence-corrected chi connectivity index (χ1v) is 7.27. The Balaban J connectivity index is 1.63. The van der Waals surface area contributed by atoms with Crippen molar-refractivity contribution in [1.29, 1.82) is 0 Å². The van der Waals surface area contributed by atoms with Crippen molar-refractivity contribution in [2.24, 2.45) is 0 Å². The van der Waals surface area contributed by atoms with Gasteiger partial charge >= 0.3 is 0 Å². The molecule has 2 aliphatic rings. The molecule has 2 fully saturated rings. The maximum Gasteiger partial charge on any atom is 0.141 e. The second-order valence-electron chi connectivity index (χ2n) is 5.35. The Kier molecular flexibility index (Phi) is 3.96. The molecule has 2 saturated heterocycles. The predicted octanol–water partition coefficient (Wildman–Crippen LogP) is 3.23. The molecular weight excluding hydrogens is 264 g/mol. The van der Waals surface area contributed by atoms with E-state index < -0.39 is 0 Å². The van der Waals surface area contributed by atoms with Crippen LogP contribution in [0.2, 0.25) is 5.02 Å². The highest BCUT2D eigenvalue weighted by Crippen LogP contribution is 2.33. The fraction of sp³-hybridized carbons (Fsp3) is 0.600. The fourth-order valence-electron chi connectivity index (χ4n) is 2.19. The van der Waals surface area contributed by atoms with Gasteiger partial charge in [-0.05, 0) is 31.4 Å². The third-order valence-electron chi connectivity index (χ3n) is 3.52. The zero-order chi connectivity index (χ0) is 13.2. The molecular formula is C15H19ClO3. The largest absolute Gasteiger partial charge is 0.489 e. The molecule has 1 aromatic rings. The van der Waals surface area contributed by atoms with Crippen molar-refractivity contribution >= 4 is 11.6 Å². The molecule has 19 heavy (non-hydrogen) atoms. The molecule has 0 N–H and O–H groups in total. The zero-order valence-corrected chi connectivity index (χ0v) is 11.9. The van der Waals surface area contributed by atoms with Crippen LogP contribution in [0.15, 0.2) is 18.2 Å². The number of ether oxygens (including phenoxy) is 3. The van der Waals surface area contributed by atoms with E-state index in [0.717, 1.165) is 43.8 Å². The van der Waals surface area contributed by atoms with Crippen LogP contribution in [-0.4, -0.2) is 31.5 Å². The van der Waals surface area contributed by atoms with E-state index in [1.165, 1.54) is 0 Å². The molecule has 0 radical (unpaired) electrons. The molecule has 3 atom stereocenters. The molecule has 0 amide bonds. The zero-order valence-electron chi connectivity index (χ0n) is 11.1. The summed E-state index contributed by atoms with van der Waals surface area (Å²) in [7, 11) is 0. The first kappa shape index (κ1) is 13.2. The number of para-hydroxylation sites is 1. The van der Waals surface area contributed by atoms with E-state index in [0.29, 0.717) is 17.2 Å². The Morgan fingerprint density at radius 2 is 2.05 bits per heavy atom. The minimum absolute atomic E-state index is 0.156. The van der Waals surface area contributed by atoms with Crippen molar-refractivity contribution in [3.63, 3.8) is 0 Å². The molecule has 0 bridgehead atoms. The van der Waals surface area contributed by atoms with Crippen LogP contribution in [-0.2, 0) is 15.9 Å². The predicted molar refractivity (Wildman–Crippen MR) is 74.0 cm³/mol. The molecule has 3 rings (SSSR count). The van der Waals surface area contributed by atoms with Crippen LogP contribution >= 0.6 is 11.6 Å². The van der Waals surface area contributed by atoms with Crippen molar-refractivity contribution in [3.8, 4) is 5.75 Å². The molecule has 2 aliphatic heterocycles. The van der Waals surface area contributed by atoms with Gasteiger partial charge in [0, 0.05) is 6.42 Å². The highest BCUT2D eigenvalue weighted by atomic mass is 35.5. The number of halogens is 1. The first-order valence-electron chi connectivity index (χ1n) is 6.89. The minimum Gasteiger partial charge on any atom is -0.489 e. The molecule has 0 saturated carbocycles. The standard InChI is InChI=1S/C15H19ClO3/c1-10(5-6-12-8-17-12)19-15-11(7-13-9-18-13)3-2-4-14(15)16/h2-4,10,12-13H,5-9H2,1H3/t10?,12-,13?/m0/s1. The van der Waals surface area contributed by atoms with Crippen LogP contribution in [0.25, 0.3) is 0 Å². The first-order chi connectivity index (χ1) is 9.22. The molecule has 2 unspecified atom stereocenters. The average molecular weight is 283 g/mol. The Morgan fingerprint density at radius 3 is 2.74 bits per heavy atom. The summed E-state index contributed by atoms with van der Waals surface area (Å²) in [5, 5.41) is 0.688. The SMILES string of the molecule is CC(CC[C@H]1CO1)Oc1c(Cl)cccc1CC1CO1. The number of benzene rings is 1. The van der Waals surface area contributed by atoms with Gasteiger partial charge in [0.25, 0.3) is 0 Å². The fourth-order valence-corrected chi connectivity index (χ4v) is 2.43. The lowest BCUT2D eigenvalue weighted by Crippen LogP contribution is -2.14. The minimum atomic E-state index is 0.156. The highest BCUT2D eigenvalue weighted by molar-refractivity contribution is 6.32. The number of hydrogen-bond acceptors (Lipinski definition) is 3. The Hall–Kier alpha value is -0.770. The second kappa shape index (κ2) is 5.70. The second-order valence-corrected chi connectivity index (χ2v) is 5.76. The Labute approximate surface area is 118 Å². The highest BCUT2D eigenvalue weighted by Gasteiger charge is 2.26. The summed E-state index contributed by atoms with van der Waals surface area (Å²) in [6.07, 6.45) is 3.90. The van der Waals surface area contributed by atoms with E-state index in [2.05, 4.69) is 13.0 Å². The van der Waals surface area contributed by atoms with E-state index in [1.807, 2.05) is 12.1 Å². The van der Waals surface area contributed by atoms with Crippen molar-refractivity contribution in [2.45, 2.75) is 44.5 Å². The van der Waals surface area contributed by atoms with Gasteiger partial charge in [0.2, 0.25) is 0 Å². The van der Waals surface area contributed by atoms with Crippen LogP contribution in [0.5, 0.6) is 5.75 Å². The topological polar surface area (TPSA) is 34.3 Å². The summed E-state index contributed by atoms with van der Waals surface area (Å²) in [6, 6.07) is 5.92. The molecule has 4 heteroatoms. The number of rotatable bonds is 7. The van der Waals surface area contributed by atoms with Gasteiger partial charge in [-0.15, -0.1) is 0 Å². The average Bonchev–Trinajstić information content (AvgIpc) is 3.25. The van der Waals surface area contributed by atoms with Crippen molar-refractivity contribution in [3.05, 3.63) is 28.8 Å². The van der Waals surface area contributed by atoms with E-state index in [1.54, 1.807) is 0 Å². The number of hydrogen-bond donors (Lipinski definition) is 0. The molecule has 2 heterocycles. The molecule has 3 nitrogen and oxygen atoms in total. The third kappa shape index (κ3) is 3.85. The molecule has 104 valence electrons. The van der Waals surface area contributed by atoms with Crippen LogP contribution in [0, 0.1) is 0 Å². The summed E-state index contributed by atoms with van der Waals surface area (Å²) in [5.74, 6) is 0.823. The van der Waals surface area contributed by atoms with Crippen molar-refractivity contribution in [2.75, 3.05) is 13.2 Å². The van der Waals surface area contributed by atoms with Gasteiger partial charge in [0.05, 0.1) is 36.5 Å². The summed E-state index contributed by atoms with van der Waals surface area (Å²) >= 11 is 6.26. The molecule has 0 aromatic heterocycles. The summed E-state index contributed by atoms with van der Waals surface area (Å²) in [5.41, 5.74) is 1.14. The van der Waals surface area contributed by atoms with Crippen LogP contribution in [0.4, 0.5) is 0 Å². The summed E-state index contributed by atoms with van der Waals surface area (Å²) < 4.78 is 16.5. The lowest BCUT2D eigenvalue weighted by Gasteiger charge is -2.18. The van der Waals surface area contributed by atoms with Gasteiger partial charge in [0.15, 0.2) is 0 Å². The molecule has 0 spiro atoms. The quantitative estimate of drug-likeness (QED) is 0.720. The van der Waals surface area contributed by atoms with Gasteiger partial charge in [-0.3, -0.25) is 0 Å². The molecule has 0 aliphatic carbocycles. The van der Waals surface area contributed by atoms with Crippen molar-refractivity contribution in [1.82, 2.24) is 0 Å². The van der Waals surface area contributed by atoms with Crippen LogP contribution < -0.4 is 4.74 Å². The van der Waals surface area contributed by atoms with Gasteiger partial charge in [-0.1, -0.05) is 23.7 Å². The van der Waals surface area contributed by atoms with Gasteiger partial charge in [0.1, 0.15) is 5.75 Å². The summed E-state index contributed by atoms with van der Waals surface area (Å²) in [4.78, 5) is 0. The smallest absolute Gasteiger partial charge is 0.141 e. The van der Waals surface area contributed by atoms with E-state index in [4.69, 9.17) is 25.8 Å². The summed E-state index contributed by atoms with van der Waals surface area (Å²) in [6.45, 7) is 3.84. The van der Waals surface area contributed by atoms with E-state index >= 15 is 0 Å². The van der Waals surface area contributed by atoms with Gasteiger partial charge < -0.3 is 14.2 Å². The maximum atomic E-state index is 6.26. The molecule has 1 aromatic carbocycles. The Bertz CT molecular complexity index is 441. The van der Waals surface area contributed by atoms with E-state index in [9.17, 15) is 0 Å². The van der Waals surface area contributed by atoms with Gasteiger partial charge in [-0.25, -0.2) is 0 Å². The Morgan fingerprint density at radius 1 is 1.32 bits per heavy atom. The number of epoxide rings is 2. The normalized spacial score (nSPS) is 26.0. The third-order valence-corrected chi connectivity index (χ3v) is 3.81. The maximum absolute atomic E-state index is 6.26. The van der Waals surface area contributed by atoms with Crippen LogP contribution in [0.1, 0.15) is 25.3 Å².